The summed E-state index contributed by atoms with van der Waals surface area (Å²) in [7, 11) is 0. The Kier molecular flexibility index (Phi) is 22.4. The fourth-order valence-electron chi connectivity index (χ4n) is 6.29. The molecule has 0 aliphatic heterocycles. The molecule has 2 rings (SSSR count). The molecule has 0 spiro atoms. The van der Waals surface area contributed by atoms with E-state index in [4.69, 9.17) is 17.2 Å². The van der Waals surface area contributed by atoms with Gasteiger partial charge in [-0.2, -0.15) is 12.6 Å². The van der Waals surface area contributed by atoms with Crippen molar-refractivity contribution in [2.75, 3.05) is 25.4 Å². The molecule has 63 heavy (non-hydrogen) atoms. The summed E-state index contributed by atoms with van der Waals surface area (Å²) in [4.78, 5) is 111. The third-order valence-electron chi connectivity index (χ3n) is 10.1. The zero-order chi connectivity index (χ0) is 47.4. The molecular weight excluding hydrogens is 837 g/mol. The van der Waals surface area contributed by atoms with Gasteiger partial charge in [-0.15, -0.1) is 0 Å². The summed E-state index contributed by atoms with van der Waals surface area (Å²) in [6.07, 6.45) is 2.74. The van der Waals surface area contributed by atoms with Crippen molar-refractivity contribution in [1.82, 2.24) is 42.2 Å². The number of nitrogens with two attached hydrogens (primary N) is 3. The number of aromatic nitrogens is 1. The standard InChI is InChI=1S/C41H66N12O9S/c1-7-23(6)33(42)38(59)53-34(22(4)5)39(60)51-27(13-10-14-45-41(43)44)35(56)47-19-32(55)50-30(20-63)37(58)52-28(15-21(2)3)36(57)48-18-31(54)49-29(40(61)62)16-24-17-46-26-12-9-8-11-25(24)26/h8-9,11-12,17,21-23,27-30,33-34,46,63H,7,10,13-16,18-20,42H2,1-6H3,(H,47,56)(H,48,57)(H,49,54)(H,50,55)(H,51,60)(H,52,58)(H,53,59)(H,61,62)(H4,43,44,45)/t23-,27-,28-,29-,30-,33-,34-/m0/s1. The first-order chi connectivity index (χ1) is 29.7. The Labute approximate surface area is 372 Å². The van der Waals surface area contributed by atoms with Gasteiger partial charge in [0.05, 0.1) is 19.1 Å². The van der Waals surface area contributed by atoms with Crippen molar-refractivity contribution in [3.05, 3.63) is 36.0 Å². The van der Waals surface area contributed by atoms with Crippen molar-refractivity contribution >= 4 is 76.8 Å². The lowest BCUT2D eigenvalue weighted by Gasteiger charge is -2.27. The van der Waals surface area contributed by atoms with E-state index in [1.165, 1.54) is 0 Å². The maximum Gasteiger partial charge on any atom is 0.326 e. The molecule has 1 aromatic heterocycles. The number of nitrogens with one attached hydrogen (secondary N) is 8. The minimum absolute atomic E-state index is 0.0162. The number of para-hydroxylation sites is 1. The number of benzene rings is 1. The molecule has 0 radical (unpaired) electrons. The van der Waals surface area contributed by atoms with Gasteiger partial charge in [-0.1, -0.05) is 66.2 Å². The van der Waals surface area contributed by atoms with E-state index in [0.29, 0.717) is 12.0 Å². The lowest BCUT2D eigenvalue weighted by Crippen LogP contribution is -2.59. The van der Waals surface area contributed by atoms with Crippen LogP contribution in [-0.4, -0.2) is 125 Å². The summed E-state index contributed by atoms with van der Waals surface area (Å²) >= 11 is 4.19. The third-order valence-corrected chi connectivity index (χ3v) is 10.5. The fourth-order valence-corrected chi connectivity index (χ4v) is 6.55. The molecule has 2 aromatic rings. The van der Waals surface area contributed by atoms with Gasteiger partial charge in [0.2, 0.25) is 41.4 Å². The number of hydrogen-bond acceptors (Lipinski definition) is 11. The highest BCUT2D eigenvalue weighted by Gasteiger charge is 2.32. The SMILES string of the molecule is CC[C@H](C)[C@H](N)C(=O)N[C@H](C(=O)N[C@@H](CCCN=C(N)N)C(=O)NCC(=O)N[C@@H](CS)C(=O)N[C@@H](CC(C)C)C(=O)NCC(=O)N[C@@H](Cc1c[nH]c2ccccc12)C(=O)O)C(C)C. The smallest absolute Gasteiger partial charge is 0.326 e. The molecule has 0 saturated carbocycles. The highest BCUT2D eigenvalue weighted by Crippen LogP contribution is 2.19. The number of hydrogen-bond donors (Lipinski definition) is 13. The molecular formula is C41H66N12O9S. The van der Waals surface area contributed by atoms with Gasteiger partial charge in [-0.3, -0.25) is 38.6 Å². The van der Waals surface area contributed by atoms with Gasteiger partial charge in [0.25, 0.3) is 0 Å². The fraction of sp³-hybridized carbons (Fsp3) is 0.585. The summed E-state index contributed by atoms with van der Waals surface area (Å²) in [5.41, 5.74) is 18.4. The summed E-state index contributed by atoms with van der Waals surface area (Å²) in [5.74, 6) is -7.26. The third kappa shape index (κ3) is 18.2. The van der Waals surface area contributed by atoms with Crippen LogP contribution in [0.5, 0.6) is 0 Å². The largest absolute Gasteiger partial charge is 0.480 e. The Hall–Kier alpha value is -5.90. The van der Waals surface area contributed by atoms with Crippen molar-refractivity contribution in [1.29, 1.82) is 0 Å². The van der Waals surface area contributed by atoms with Crippen LogP contribution in [-0.2, 0) is 44.8 Å². The topological polar surface area (TPSA) is 347 Å². The number of carbonyl (C=O) groups excluding carboxylic acids is 7. The van der Waals surface area contributed by atoms with Gasteiger partial charge in [0.15, 0.2) is 5.96 Å². The van der Waals surface area contributed by atoms with Crippen LogP contribution in [0.3, 0.4) is 0 Å². The highest BCUT2D eigenvalue weighted by molar-refractivity contribution is 7.80. The molecule has 21 nitrogen and oxygen atoms in total. The molecule has 7 atom stereocenters. The summed E-state index contributed by atoms with van der Waals surface area (Å²) < 4.78 is 0. The normalized spacial score (nSPS) is 14.5. The first-order valence-electron chi connectivity index (χ1n) is 20.9. The summed E-state index contributed by atoms with van der Waals surface area (Å²) in [6.45, 7) is 9.69. The monoisotopic (exact) mass is 902 g/mol. The van der Waals surface area contributed by atoms with Crippen molar-refractivity contribution in [3.63, 3.8) is 0 Å². The van der Waals surface area contributed by atoms with E-state index < -0.39 is 96.7 Å². The number of H-pyrrole nitrogens is 1. The number of carbonyl (C=O) groups is 8. The van der Waals surface area contributed by atoms with Crippen LogP contribution in [0.4, 0.5) is 0 Å². The quantitative estimate of drug-likeness (QED) is 0.0211. The number of carboxylic acids is 1. The number of guanidine groups is 1. The Morgan fingerprint density at radius 3 is 1.90 bits per heavy atom. The zero-order valence-electron chi connectivity index (χ0n) is 36.8. The Morgan fingerprint density at radius 1 is 0.762 bits per heavy atom. The second kappa shape index (κ2) is 26.5. The van der Waals surface area contributed by atoms with E-state index in [0.717, 1.165) is 10.9 Å². The first kappa shape index (κ1) is 53.2. The van der Waals surface area contributed by atoms with Gasteiger partial charge in [-0.05, 0) is 48.6 Å². The molecule has 0 aliphatic carbocycles. The molecule has 0 saturated heterocycles. The maximum atomic E-state index is 13.5. The predicted molar refractivity (Wildman–Crippen MR) is 241 cm³/mol. The van der Waals surface area contributed by atoms with Crippen molar-refractivity contribution < 1.29 is 43.5 Å². The van der Waals surface area contributed by atoms with Gasteiger partial charge < -0.3 is 64.5 Å². The summed E-state index contributed by atoms with van der Waals surface area (Å²) in [6, 6.07) is 0.517. The molecule has 7 amide bonds. The molecule has 15 N–H and O–H groups in total. The molecule has 1 heterocycles. The molecule has 1 aromatic carbocycles. The number of thiol groups is 1. The Bertz CT molecular complexity index is 1920. The molecule has 0 aliphatic rings. The van der Waals surface area contributed by atoms with Gasteiger partial charge in [-0.25, -0.2) is 4.79 Å². The summed E-state index contributed by atoms with van der Waals surface area (Å²) in [5, 5.41) is 28.3. The number of aromatic amines is 1. The van der Waals surface area contributed by atoms with E-state index in [2.05, 4.69) is 59.8 Å². The first-order valence-corrected chi connectivity index (χ1v) is 21.6. The van der Waals surface area contributed by atoms with E-state index in [-0.39, 0.29) is 61.7 Å². The van der Waals surface area contributed by atoms with Crippen molar-refractivity contribution in [2.45, 2.75) is 110 Å². The predicted octanol–water partition coefficient (Wildman–Crippen LogP) is -1.49. The number of carboxylic acid groups (broad SMARTS) is 1. The minimum Gasteiger partial charge on any atom is -0.480 e. The average molecular weight is 903 g/mol. The highest BCUT2D eigenvalue weighted by atomic mass is 32.1. The van der Waals surface area contributed by atoms with Gasteiger partial charge >= 0.3 is 5.97 Å². The number of fused-ring (bicyclic) bond motifs is 1. The molecule has 0 bridgehead atoms. The second-order valence-electron chi connectivity index (χ2n) is 16.1. The van der Waals surface area contributed by atoms with Gasteiger partial charge in [0, 0.05) is 35.8 Å². The van der Waals surface area contributed by atoms with E-state index in [9.17, 15) is 43.5 Å². The Balaban J connectivity index is 2.04. The number of rotatable bonds is 27. The lowest BCUT2D eigenvalue weighted by molar-refractivity contribution is -0.141. The maximum absolute atomic E-state index is 13.5. The number of aliphatic carboxylic acids is 1. The average Bonchev–Trinajstić information content (AvgIpc) is 3.64. The van der Waals surface area contributed by atoms with E-state index in [1.807, 2.05) is 38.1 Å². The number of nitrogens with zero attached hydrogens (tertiary/aromatic N) is 1. The molecule has 0 unspecified atom stereocenters. The van der Waals surface area contributed by atoms with Crippen LogP contribution in [0, 0.1) is 17.8 Å². The van der Waals surface area contributed by atoms with Crippen LogP contribution in [0.1, 0.15) is 72.8 Å². The Morgan fingerprint density at radius 2 is 1.35 bits per heavy atom. The lowest BCUT2D eigenvalue weighted by atomic mass is 9.97. The minimum atomic E-state index is -1.29. The van der Waals surface area contributed by atoms with Crippen molar-refractivity contribution in [2.24, 2.45) is 39.9 Å². The van der Waals surface area contributed by atoms with Gasteiger partial charge in [0.1, 0.15) is 30.2 Å². The van der Waals surface area contributed by atoms with Crippen LogP contribution < -0.4 is 54.4 Å². The van der Waals surface area contributed by atoms with Crippen LogP contribution in [0.2, 0.25) is 0 Å². The molecule has 22 heteroatoms. The molecule has 0 fully saturated rings. The zero-order valence-corrected chi connectivity index (χ0v) is 37.7. The number of amides is 7. The van der Waals surface area contributed by atoms with Crippen LogP contribution in [0.15, 0.2) is 35.5 Å². The van der Waals surface area contributed by atoms with Crippen LogP contribution >= 0.6 is 12.6 Å². The van der Waals surface area contributed by atoms with Crippen molar-refractivity contribution in [3.8, 4) is 0 Å². The van der Waals surface area contributed by atoms with E-state index in [1.54, 1.807) is 33.9 Å². The second-order valence-corrected chi connectivity index (χ2v) is 16.5. The van der Waals surface area contributed by atoms with E-state index >= 15 is 0 Å². The number of aliphatic imine (C=N–C) groups is 1. The molecule has 350 valence electrons. The van der Waals surface area contributed by atoms with Crippen LogP contribution in [0.25, 0.3) is 10.9 Å².